The van der Waals surface area contributed by atoms with Crippen LogP contribution in [0.4, 0.5) is 18.0 Å². The fourth-order valence-electron chi connectivity index (χ4n) is 5.75. The first-order chi connectivity index (χ1) is 18.3. The van der Waals surface area contributed by atoms with E-state index in [0.717, 1.165) is 34.5 Å². The van der Waals surface area contributed by atoms with Crippen LogP contribution in [0.3, 0.4) is 0 Å². The van der Waals surface area contributed by atoms with E-state index in [9.17, 15) is 18.0 Å². The molecule has 196 valence electrons. The molecule has 6 rings (SSSR count). The molecule has 2 bridgehead atoms. The highest BCUT2D eigenvalue weighted by molar-refractivity contribution is 5.79. The van der Waals surface area contributed by atoms with Crippen LogP contribution in [-0.2, 0) is 15.7 Å². The molecule has 2 atom stereocenters. The normalized spacial score (nSPS) is 20.4. The van der Waals surface area contributed by atoms with E-state index in [0.29, 0.717) is 12.0 Å². The molecule has 1 aliphatic carbocycles. The highest BCUT2D eigenvalue weighted by atomic mass is 19.4. The lowest BCUT2D eigenvalue weighted by atomic mass is 9.90. The molecular weight excluding hydrogens is 497 g/mol. The van der Waals surface area contributed by atoms with E-state index in [1.165, 1.54) is 7.11 Å². The van der Waals surface area contributed by atoms with Gasteiger partial charge in [0, 0.05) is 17.7 Å². The summed E-state index contributed by atoms with van der Waals surface area (Å²) in [6.07, 6.45) is -2.18. The number of carbonyl (C=O) groups excluding carboxylic acids is 1. The molecule has 3 aliphatic rings. The molecule has 0 N–H and O–H groups in total. The van der Waals surface area contributed by atoms with E-state index < -0.39 is 23.9 Å². The van der Waals surface area contributed by atoms with Gasteiger partial charge < -0.3 is 14.2 Å². The van der Waals surface area contributed by atoms with Crippen molar-refractivity contribution in [1.82, 2.24) is 9.88 Å². The highest BCUT2D eigenvalue weighted by Gasteiger charge is 2.41. The average molecular weight is 523 g/mol. The van der Waals surface area contributed by atoms with Crippen LogP contribution in [0.25, 0.3) is 16.7 Å². The van der Waals surface area contributed by atoms with Crippen LogP contribution >= 0.6 is 0 Å². The van der Waals surface area contributed by atoms with E-state index in [4.69, 9.17) is 14.2 Å². The lowest BCUT2D eigenvalue weighted by Crippen LogP contribution is -2.56. The molecular formula is C29H25F3N2O4. The number of hydrogen-bond donors (Lipinski definition) is 0. The van der Waals surface area contributed by atoms with Crippen molar-refractivity contribution in [3.05, 3.63) is 89.1 Å². The Morgan fingerprint density at radius 3 is 2.37 bits per heavy atom. The summed E-state index contributed by atoms with van der Waals surface area (Å²) < 4.78 is 57.0. The first-order valence-corrected chi connectivity index (χ1v) is 12.4. The molecule has 2 aromatic carbocycles. The molecule has 0 spiro atoms. The molecule has 9 heteroatoms. The Labute approximate surface area is 217 Å². The second kappa shape index (κ2) is 9.47. The first-order valence-electron chi connectivity index (χ1n) is 12.4. The van der Waals surface area contributed by atoms with Gasteiger partial charge in [-0.05, 0) is 40.3 Å². The number of ether oxygens (including phenoxy) is 3. The van der Waals surface area contributed by atoms with Gasteiger partial charge in [-0.3, -0.25) is 4.90 Å². The van der Waals surface area contributed by atoms with Crippen molar-refractivity contribution >= 4 is 11.7 Å². The Bertz CT molecular complexity index is 1380. The number of amides is 1. The van der Waals surface area contributed by atoms with E-state index >= 15 is 0 Å². The minimum atomic E-state index is -4.53. The van der Waals surface area contributed by atoms with Crippen molar-refractivity contribution in [1.29, 1.82) is 0 Å². The van der Waals surface area contributed by atoms with E-state index in [-0.39, 0.29) is 43.2 Å². The van der Waals surface area contributed by atoms with Crippen molar-refractivity contribution in [3.63, 3.8) is 0 Å². The first kappa shape index (κ1) is 24.5. The third-order valence-corrected chi connectivity index (χ3v) is 7.46. The van der Waals surface area contributed by atoms with Crippen molar-refractivity contribution in [3.8, 4) is 17.0 Å². The molecule has 1 fully saturated rings. The second-order valence-electron chi connectivity index (χ2n) is 9.64. The van der Waals surface area contributed by atoms with Crippen molar-refractivity contribution in [2.75, 3.05) is 26.9 Å². The summed E-state index contributed by atoms with van der Waals surface area (Å²) in [7, 11) is 1.37. The van der Waals surface area contributed by atoms with Crippen LogP contribution < -0.4 is 4.74 Å². The van der Waals surface area contributed by atoms with E-state index in [1.807, 2.05) is 24.3 Å². The summed E-state index contributed by atoms with van der Waals surface area (Å²) >= 11 is 0. The van der Waals surface area contributed by atoms with Crippen LogP contribution in [0.1, 0.15) is 34.6 Å². The van der Waals surface area contributed by atoms with Crippen molar-refractivity contribution < 1.29 is 32.2 Å². The Morgan fingerprint density at radius 2 is 1.74 bits per heavy atom. The zero-order chi connectivity index (χ0) is 26.4. The number of aromatic nitrogens is 1. The number of fused-ring (bicyclic) bond motifs is 5. The van der Waals surface area contributed by atoms with E-state index in [2.05, 4.69) is 29.2 Å². The number of pyridine rings is 1. The minimum absolute atomic E-state index is 0.0706. The molecule has 0 saturated carbocycles. The number of nitrogens with zero attached hydrogens (tertiary/aromatic N) is 2. The highest BCUT2D eigenvalue weighted by Crippen LogP contribution is 2.45. The van der Waals surface area contributed by atoms with Gasteiger partial charge in [0.1, 0.15) is 6.61 Å². The predicted octanol–water partition coefficient (Wildman–Crippen LogP) is 5.91. The van der Waals surface area contributed by atoms with Gasteiger partial charge in [-0.1, -0.05) is 54.6 Å². The fraction of sp³-hybridized carbons (Fsp3) is 0.310. The summed E-state index contributed by atoms with van der Waals surface area (Å²) in [5, 5.41) is 0. The van der Waals surface area contributed by atoms with Crippen molar-refractivity contribution in [2.24, 2.45) is 0 Å². The average Bonchev–Trinajstić information content (AvgIpc) is 3.23. The summed E-state index contributed by atoms with van der Waals surface area (Å²) in [5.74, 6) is 0.0385. The predicted molar refractivity (Wildman–Crippen MR) is 134 cm³/mol. The molecule has 2 unspecified atom stereocenters. The molecule has 38 heavy (non-hydrogen) atoms. The summed E-state index contributed by atoms with van der Waals surface area (Å²) in [5.41, 5.74) is 4.58. The third-order valence-electron chi connectivity index (χ3n) is 7.46. The molecule has 1 saturated heterocycles. The quantitative estimate of drug-likeness (QED) is 0.426. The molecule has 0 radical (unpaired) electrons. The van der Waals surface area contributed by atoms with Crippen molar-refractivity contribution in [2.45, 2.75) is 30.6 Å². The molecule has 6 nitrogen and oxygen atoms in total. The Morgan fingerprint density at radius 1 is 1.05 bits per heavy atom. The largest absolute Gasteiger partial charge is 0.481 e. The number of rotatable bonds is 4. The maximum Gasteiger partial charge on any atom is 0.417 e. The lowest BCUT2D eigenvalue weighted by molar-refractivity contribution is -0.137. The van der Waals surface area contributed by atoms with Gasteiger partial charge >= 0.3 is 12.3 Å². The number of hydrogen-bond acceptors (Lipinski definition) is 5. The number of alkyl halides is 3. The number of benzene rings is 2. The van der Waals surface area contributed by atoms with Gasteiger partial charge in [-0.25, -0.2) is 9.78 Å². The molecule has 3 heterocycles. The van der Waals surface area contributed by atoms with Gasteiger partial charge in [0.05, 0.1) is 38.0 Å². The molecule has 2 aliphatic heterocycles. The van der Waals surface area contributed by atoms with Crippen LogP contribution in [0, 0.1) is 0 Å². The summed E-state index contributed by atoms with van der Waals surface area (Å²) in [6.45, 7) is 0.664. The Balaban J connectivity index is 1.24. The monoisotopic (exact) mass is 522 g/mol. The number of methoxy groups -OCH3 is 1. The summed E-state index contributed by atoms with van der Waals surface area (Å²) in [4.78, 5) is 18.9. The van der Waals surface area contributed by atoms with Crippen LogP contribution in [0.2, 0.25) is 0 Å². The van der Waals surface area contributed by atoms with Gasteiger partial charge in [0.15, 0.2) is 0 Å². The molecule has 1 aromatic heterocycles. The second-order valence-corrected chi connectivity index (χ2v) is 9.64. The number of morpholine rings is 1. The van der Waals surface area contributed by atoms with Crippen LogP contribution in [-0.4, -0.2) is 55.0 Å². The fourth-order valence-corrected chi connectivity index (χ4v) is 5.75. The number of halogens is 3. The van der Waals surface area contributed by atoms with Gasteiger partial charge in [-0.15, -0.1) is 0 Å². The maximum atomic E-state index is 13.4. The number of carbonyl (C=O) groups is 1. The minimum Gasteiger partial charge on any atom is -0.481 e. The van der Waals surface area contributed by atoms with E-state index in [1.54, 1.807) is 11.0 Å². The lowest BCUT2D eigenvalue weighted by Gasteiger charge is -2.44. The Kier molecular flexibility index (Phi) is 6.10. The van der Waals surface area contributed by atoms with Crippen LogP contribution in [0.5, 0.6) is 5.88 Å². The molecule has 1 amide bonds. The Hall–Kier alpha value is -3.85. The summed E-state index contributed by atoms with van der Waals surface area (Å²) in [6, 6.07) is 16.4. The maximum absolute atomic E-state index is 13.4. The van der Waals surface area contributed by atoms with Gasteiger partial charge in [-0.2, -0.15) is 13.2 Å². The van der Waals surface area contributed by atoms with Crippen LogP contribution in [0.15, 0.2) is 66.9 Å². The standard InChI is InChI=1S/C29H25F3N2O4/c1-36-27-25(12-18(13-33-27)29(30,31)32)17-10-19-14-37-15-20(11-17)34(19)28(35)38-16-26-23-8-4-2-6-21(23)22-7-3-5-9-24(22)26/h2-10,12-13,19-20,26H,11,14-16H2,1H3. The molecule has 3 aromatic rings. The topological polar surface area (TPSA) is 60.9 Å². The zero-order valence-corrected chi connectivity index (χ0v) is 20.6. The SMILES string of the molecule is COc1ncc(C(F)(F)F)cc1C1=CC2COCC(C1)N2C(=O)OCC1c2ccccc2-c2ccccc21. The van der Waals surface area contributed by atoms with Gasteiger partial charge in [0.2, 0.25) is 5.88 Å². The van der Waals surface area contributed by atoms with Gasteiger partial charge in [0.25, 0.3) is 0 Å². The third kappa shape index (κ3) is 4.20. The smallest absolute Gasteiger partial charge is 0.417 e. The zero-order valence-electron chi connectivity index (χ0n) is 20.6.